The van der Waals surface area contributed by atoms with Crippen LogP contribution < -0.4 is 20.1 Å². The number of nitrogens with zero attached hydrogens (tertiary/aromatic N) is 1. The van der Waals surface area contributed by atoms with Crippen molar-refractivity contribution in [3.8, 4) is 11.5 Å². The normalized spacial score (nSPS) is 14.9. The Bertz CT molecular complexity index is 774. The summed E-state index contributed by atoms with van der Waals surface area (Å²) in [5.74, 6) is -0.626. The zero-order valence-corrected chi connectivity index (χ0v) is 16.0. The van der Waals surface area contributed by atoms with Gasteiger partial charge in [0.2, 0.25) is 6.79 Å². The number of rotatable bonds is 7. The smallest absolute Gasteiger partial charge is 0.408 e. The molecule has 11 nitrogen and oxygen atoms in total. The number of benzene rings is 1. The van der Waals surface area contributed by atoms with E-state index in [2.05, 4.69) is 10.6 Å². The molecule has 28 heavy (non-hydrogen) atoms. The van der Waals surface area contributed by atoms with Crippen molar-refractivity contribution in [2.75, 3.05) is 13.3 Å². The number of aliphatic carboxylic acids is 1. The van der Waals surface area contributed by atoms with Crippen LogP contribution in [0.5, 0.6) is 11.5 Å². The van der Waals surface area contributed by atoms with E-state index >= 15 is 0 Å². The third-order valence-corrected chi connectivity index (χ3v) is 3.80. The minimum absolute atomic E-state index is 0.0291. The van der Waals surface area contributed by atoms with E-state index in [4.69, 9.17) is 14.2 Å². The van der Waals surface area contributed by atoms with Gasteiger partial charge >= 0.3 is 12.1 Å². The Kier molecular flexibility index (Phi) is 6.29. The van der Waals surface area contributed by atoms with Gasteiger partial charge in [-0.15, -0.1) is 0 Å². The predicted octanol–water partition coefficient (Wildman–Crippen LogP) is 1.95. The van der Waals surface area contributed by atoms with E-state index in [9.17, 15) is 24.8 Å². The fourth-order valence-electron chi connectivity index (χ4n) is 2.51. The number of hydrogen-bond acceptors (Lipinski definition) is 8. The quantitative estimate of drug-likeness (QED) is 0.463. The third-order valence-electron chi connectivity index (χ3n) is 3.80. The van der Waals surface area contributed by atoms with Crippen molar-refractivity contribution in [1.82, 2.24) is 10.6 Å². The molecular weight excluding hydrogens is 374 g/mol. The third kappa shape index (κ3) is 5.46. The summed E-state index contributed by atoms with van der Waals surface area (Å²) in [4.78, 5) is 34.1. The Morgan fingerprint density at radius 2 is 1.93 bits per heavy atom. The van der Waals surface area contributed by atoms with Crippen LogP contribution in [0.1, 0.15) is 39.3 Å². The molecule has 0 spiro atoms. The van der Waals surface area contributed by atoms with Gasteiger partial charge in [-0.2, -0.15) is 0 Å². The summed E-state index contributed by atoms with van der Waals surface area (Å²) in [5.41, 5.74) is -0.659. The number of amides is 1. The van der Waals surface area contributed by atoms with Crippen molar-refractivity contribution in [2.45, 2.75) is 45.4 Å². The molecule has 0 saturated carbocycles. The summed E-state index contributed by atoms with van der Waals surface area (Å²) in [7, 11) is 0. The second-order valence-corrected chi connectivity index (χ2v) is 7.19. The molecule has 154 valence electrons. The topological polar surface area (TPSA) is 149 Å². The highest BCUT2D eigenvalue weighted by Gasteiger charge is 2.28. The number of alkyl carbamates (subject to hydrolysis) is 1. The first-order valence-corrected chi connectivity index (χ1v) is 8.51. The fraction of sp³-hybridized carbons (Fsp3) is 0.529. The summed E-state index contributed by atoms with van der Waals surface area (Å²) in [6.07, 6.45) is -0.872. The standard InChI is InChI=1S/C17H23N3O8/c1-9(10-5-13-14(27-8-26-13)6-12(10)20(24)25)18-7-11(15(21)22)19-16(23)28-17(2,3)4/h5-6,9,11,18H,7-8H2,1-4H3,(H,19,23)(H,21,22)/t9?,11-/m0/s1. The number of nitro groups is 1. The van der Waals surface area contributed by atoms with Gasteiger partial charge in [0.1, 0.15) is 11.6 Å². The van der Waals surface area contributed by atoms with Crippen LogP contribution in [0.25, 0.3) is 0 Å². The van der Waals surface area contributed by atoms with Crippen molar-refractivity contribution >= 4 is 17.7 Å². The van der Waals surface area contributed by atoms with Crippen LogP contribution in [0, 0.1) is 10.1 Å². The maximum Gasteiger partial charge on any atom is 0.408 e. The molecule has 1 aliphatic rings. The van der Waals surface area contributed by atoms with Crippen LogP contribution in [0.4, 0.5) is 10.5 Å². The van der Waals surface area contributed by atoms with Gasteiger partial charge in [-0.25, -0.2) is 9.59 Å². The molecule has 1 aliphatic heterocycles. The highest BCUT2D eigenvalue weighted by Crippen LogP contribution is 2.40. The second kappa shape index (κ2) is 8.30. The Balaban J connectivity index is 2.09. The lowest BCUT2D eigenvalue weighted by Crippen LogP contribution is -2.49. The first-order chi connectivity index (χ1) is 13.0. The van der Waals surface area contributed by atoms with Crippen LogP contribution in [0.3, 0.4) is 0 Å². The van der Waals surface area contributed by atoms with Crippen LogP contribution >= 0.6 is 0 Å². The van der Waals surface area contributed by atoms with Crippen molar-refractivity contribution in [3.05, 3.63) is 27.8 Å². The van der Waals surface area contributed by atoms with Crippen LogP contribution in [-0.2, 0) is 9.53 Å². The maximum absolute atomic E-state index is 11.8. The van der Waals surface area contributed by atoms with Crippen molar-refractivity contribution in [3.63, 3.8) is 0 Å². The first kappa shape index (κ1) is 21.2. The number of carbonyl (C=O) groups is 2. The number of carbonyl (C=O) groups excluding carboxylic acids is 1. The largest absolute Gasteiger partial charge is 0.480 e. The molecule has 1 heterocycles. The molecule has 0 radical (unpaired) electrons. The molecule has 0 saturated heterocycles. The number of ether oxygens (including phenoxy) is 3. The molecule has 1 unspecified atom stereocenters. The van der Waals surface area contributed by atoms with Gasteiger partial charge in [-0.1, -0.05) is 0 Å². The molecule has 11 heteroatoms. The molecule has 0 aromatic heterocycles. The molecule has 1 amide bonds. The average molecular weight is 397 g/mol. The highest BCUT2D eigenvalue weighted by atomic mass is 16.7. The lowest BCUT2D eigenvalue weighted by molar-refractivity contribution is -0.385. The van der Waals surface area contributed by atoms with Crippen molar-refractivity contribution in [1.29, 1.82) is 0 Å². The zero-order valence-electron chi connectivity index (χ0n) is 16.0. The van der Waals surface area contributed by atoms with Crippen LogP contribution in [0.2, 0.25) is 0 Å². The maximum atomic E-state index is 11.8. The molecular formula is C17H23N3O8. The number of carboxylic acids is 1. The Morgan fingerprint density at radius 3 is 2.46 bits per heavy atom. The van der Waals surface area contributed by atoms with Crippen LogP contribution in [-0.4, -0.2) is 47.1 Å². The Hall–Kier alpha value is -3.08. The van der Waals surface area contributed by atoms with E-state index in [-0.39, 0.29) is 24.8 Å². The molecule has 0 aliphatic carbocycles. The minimum Gasteiger partial charge on any atom is -0.480 e. The molecule has 1 aromatic carbocycles. The number of nitrogens with one attached hydrogen (secondary N) is 2. The number of nitro benzene ring substituents is 1. The zero-order chi connectivity index (χ0) is 21.1. The molecule has 0 fully saturated rings. The lowest BCUT2D eigenvalue weighted by Gasteiger charge is -2.23. The van der Waals surface area contributed by atoms with E-state index in [0.29, 0.717) is 11.3 Å². The molecule has 2 rings (SSSR count). The monoisotopic (exact) mass is 397 g/mol. The van der Waals surface area contributed by atoms with Gasteiger partial charge in [0, 0.05) is 12.6 Å². The molecule has 2 atom stereocenters. The number of hydrogen-bond donors (Lipinski definition) is 3. The second-order valence-electron chi connectivity index (χ2n) is 7.19. The fourth-order valence-corrected chi connectivity index (χ4v) is 2.51. The van der Waals surface area contributed by atoms with E-state index in [1.54, 1.807) is 27.7 Å². The van der Waals surface area contributed by atoms with E-state index in [1.165, 1.54) is 12.1 Å². The minimum atomic E-state index is -1.29. The molecule has 3 N–H and O–H groups in total. The Morgan fingerprint density at radius 1 is 1.32 bits per heavy atom. The summed E-state index contributed by atoms with van der Waals surface area (Å²) >= 11 is 0. The van der Waals surface area contributed by atoms with Crippen molar-refractivity contribution < 1.29 is 33.8 Å². The van der Waals surface area contributed by atoms with Crippen LogP contribution in [0.15, 0.2) is 12.1 Å². The van der Waals surface area contributed by atoms with Gasteiger partial charge in [-0.05, 0) is 33.8 Å². The summed E-state index contributed by atoms with van der Waals surface area (Å²) < 4.78 is 15.4. The SMILES string of the molecule is CC(NC[C@H](NC(=O)OC(C)(C)C)C(=O)O)c1cc2c(cc1[N+](=O)[O-])OCO2. The highest BCUT2D eigenvalue weighted by molar-refractivity contribution is 5.80. The summed E-state index contributed by atoms with van der Waals surface area (Å²) in [6, 6.07) is 0.862. The number of fused-ring (bicyclic) bond motifs is 1. The summed E-state index contributed by atoms with van der Waals surface area (Å²) in [5, 5.41) is 25.8. The average Bonchev–Trinajstić information content (AvgIpc) is 3.02. The van der Waals surface area contributed by atoms with Gasteiger partial charge in [0.05, 0.1) is 16.6 Å². The van der Waals surface area contributed by atoms with Gasteiger partial charge in [0.15, 0.2) is 11.5 Å². The predicted molar refractivity (Wildman–Crippen MR) is 96.4 cm³/mol. The van der Waals surface area contributed by atoms with E-state index in [0.717, 1.165) is 0 Å². The van der Waals surface area contributed by atoms with Gasteiger partial charge in [0.25, 0.3) is 5.69 Å². The molecule has 0 bridgehead atoms. The Labute approximate surface area is 161 Å². The lowest BCUT2D eigenvalue weighted by atomic mass is 10.0. The molecule has 1 aromatic rings. The van der Waals surface area contributed by atoms with E-state index < -0.39 is 34.7 Å². The van der Waals surface area contributed by atoms with Gasteiger partial charge < -0.3 is 30.0 Å². The first-order valence-electron chi connectivity index (χ1n) is 8.51. The summed E-state index contributed by atoms with van der Waals surface area (Å²) in [6.45, 7) is 6.39. The van der Waals surface area contributed by atoms with Crippen molar-refractivity contribution in [2.24, 2.45) is 0 Å². The number of carboxylic acid groups (broad SMARTS) is 1. The van der Waals surface area contributed by atoms with E-state index in [1.807, 2.05) is 0 Å². The van der Waals surface area contributed by atoms with Gasteiger partial charge in [-0.3, -0.25) is 10.1 Å².